The van der Waals surface area contributed by atoms with Crippen molar-refractivity contribution in [1.29, 1.82) is 0 Å². The van der Waals surface area contributed by atoms with Gasteiger partial charge in [0.25, 0.3) is 0 Å². The van der Waals surface area contributed by atoms with Crippen LogP contribution in [-0.2, 0) is 9.53 Å². The number of rotatable bonds is 6. The number of esters is 1. The van der Waals surface area contributed by atoms with Crippen LogP contribution in [-0.4, -0.2) is 24.2 Å². The molecule has 0 fully saturated rings. The Bertz CT molecular complexity index is 492. The maximum Gasteiger partial charge on any atom is 0.323 e. The van der Waals surface area contributed by atoms with E-state index in [4.69, 9.17) is 38.4 Å². The number of hydrogen-bond acceptors (Lipinski definition) is 4. The first-order valence-electron chi connectivity index (χ1n) is 6.80. The molecule has 0 saturated heterocycles. The highest BCUT2D eigenvalue weighted by Crippen LogP contribution is 2.30. The monoisotopic (exact) mass is 333 g/mol. The topological polar surface area (TPSA) is 61.5 Å². The minimum atomic E-state index is -0.667. The van der Waals surface area contributed by atoms with Crippen LogP contribution < -0.4 is 10.5 Å². The van der Waals surface area contributed by atoms with Gasteiger partial charge in [0.05, 0.1) is 5.02 Å². The second-order valence-electron chi connectivity index (χ2n) is 5.33. The molecule has 0 spiro atoms. The summed E-state index contributed by atoms with van der Waals surface area (Å²) in [5.74, 6) is 0.162. The fraction of sp³-hybridized carbons (Fsp3) is 0.533. The maximum absolute atomic E-state index is 11.6. The van der Waals surface area contributed by atoms with Gasteiger partial charge in [-0.25, -0.2) is 0 Å². The van der Waals surface area contributed by atoms with Crippen molar-refractivity contribution in [3.05, 3.63) is 28.2 Å². The second kappa shape index (κ2) is 7.87. The molecule has 118 valence electrons. The summed E-state index contributed by atoms with van der Waals surface area (Å²) < 4.78 is 11.2. The van der Waals surface area contributed by atoms with Gasteiger partial charge < -0.3 is 15.2 Å². The summed E-state index contributed by atoms with van der Waals surface area (Å²) in [5.41, 5.74) is 5.50. The predicted molar refractivity (Wildman–Crippen MR) is 84.9 cm³/mol. The predicted octanol–water partition coefficient (Wildman–Crippen LogP) is 3.68. The van der Waals surface area contributed by atoms with E-state index in [2.05, 4.69) is 0 Å². The molecule has 4 nitrogen and oxygen atoms in total. The van der Waals surface area contributed by atoms with Crippen LogP contribution in [0, 0.1) is 5.92 Å². The molecule has 0 unspecified atom stereocenters. The highest BCUT2D eigenvalue weighted by atomic mass is 35.5. The lowest BCUT2D eigenvalue weighted by molar-refractivity contribution is -0.155. The van der Waals surface area contributed by atoms with E-state index in [1.807, 2.05) is 13.8 Å². The van der Waals surface area contributed by atoms with E-state index >= 15 is 0 Å². The van der Waals surface area contributed by atoms with E-state index in [9.17, 15) is 4.79 Å². The molecule has 0 aliphatic carbocycles. The summed E-state index contributed by atoms with van der Waals surface area (Å²) in [5, 5.41) is 0.948. The number of carbonyl (C=O) groups is 1. The van der Waals surface area contributed by atoms with Crippen LogP contribution in [0.1, 0.15) is 27.7 Å². The Morgan fingerprint density at radius 3 is 2.29 bits per heavy atom. The van der Waals surface area contributed by atoms with Crippen molar-refractivity contribution in [1.82, 2.24) is 0 Å². The van der Waals surface area contributed by atoms with Crippen molar-refractivity contribution in [2.24, 2.45) is 11.7 Å². The minimum Gasteiger partial charge on any atom is -0.485 e. The van der Waals surface area contributed by atoms with E-state index in [-0.39, 0.29) is 12.0 Å². The van der Waals surface area contributed by atoms with Crippen LogP contribution in [0.15, 0.2) is 18.2 Å². The van der Waals surface area contributed by atoms with Gasteiger partial charge in [-0.2, -0.15) is 0 Å². The molecular formula is C15H21Cl2NO3. The molecular weight excluding hydrogens is 313 g/mol. The zero-order valence-electron chi connectivity index (χ0n) is 12.6. The lowest BCUT2D eigenvalue weighted by Gasteiger charge is -2.29. The third kappa shape index (κ3) is 5.38. The van der Waals surface area contributed by atoms with E-state index in [0.29, 0.717) is 15.8 Å². The first-order valence-corrected chi connectivity index (χ1v) is 7.55. The minimum absolute atomic E-state index is 0.118. The molecule has 0 aromatic heterocycles. The number of hydrogen-bond donors (Lipinski definition) is 1. The Kier molecular flexibility index (Phi) is 6.78. The van der Waals surface area contributed by atoms with Crippen LogP contribution in [0.4, 0.5) is 0 Å². The van der Waals surface area contributed by atoms with Gasteiger partial charge in [-0.1, -0.05) is 37.0 Å². The summed E-state index contributed by atoms with van der Waals surface area (Å²) in [4.78, 5) is 11.6. The second-order valence-corrected chi connectivity index (χ2v) is 6.18. The van der Waals surface area contributed by atoms with Gasteiger partial charge in [-0.3, -0.25) is 4.79 Å². The molecule has 3 atom stereocenters. The molecule has 0 aliphatic rings. The van der Waals surface area contributed by atoms with Crippen molar-refractivity contribution >= 4 is 29.2 Å². The van der Waals surface area contributed by atoms with Gasteiger partial charge in [0.1, 0.15) is 24.0 Å². The van der Waals surface area contributed by atoms with E-state index in [1.54, 1.807) is 32.0 Å². The van der Waals surface area contributed by atoms with Crippen LogP contribution in [0.5, 0.6) is 5.75 Å². The molecule has 0 saturated carbocycles. The molecule has 0 bridgehead atoms. The normalized spacial score (nSPS) is 15.4. The summed E-state index contributed by atoms with van der Waals surface area (Å²) in [6.45, 7) is 7.31. The first kappa shape index (κ1) is 18.1. The summed E-state index contributed by atoms with van der Waals surface area (Å²) in [6.07, 6.45) is -0.790. The Labute approximate surface area is 135 Å². The zero-order chi connectivity index (χ0) is 16.2. The van der Waals surface area contributed by atoms with E-state index in [1.165, 1.54) is 0 Å². The Morgan fingerprint density at radius 1 is 1.19 bits per heavy atom. The molecule has 0 heterocycles. The molecule has 0 aliphatic heterocycles. The number of carbonyl (C=O) groups excluding carboxylic acids is 1. The summed E-state index contributed by atoms with van der Waals surface area (Å²) in [6, 6.07) is 4.33. The zero-order valence-corrected chi connectivity index (χ0v) is 14.1. The Morgan fingerprint density at radius 2 is 1.81 bits per heavy atom. The molecule has 1 rings (SSSR count). The quantitative estimate of drug-likeness (QED) is 0.806. The number of halogens is 2. The van der Waals surface area contributed by atoms with Crippen molar-refractivity contribution in [3.8, 4) is 5.75 Å². The third-order valence-electron chi connectivity index (χ3n) is 2.95. The third-order valence-corrected chi connectivity index (χ3v) is 3.48. The van der Waals surface area contributed by atoms with Gasteiger partial charge in [0.15, 0.2) is 0 Å². The van der Waals surface area contributed by atoms with Crippen molar-refractivity contribution < 1.29 is 14.3 Å². The first-order chi connectivity index (χ1) is 9.72. The van der Waals surface area contributed by atoms with Crippen molar-refractivity contribution in [2.45, 2.75) is 45.9 Å². The fourth-order valence-electron chi connectivity index (χ4n) is 1.85. The summed E-state index contributed by atoms with van der Waals surface area (Å²) >= 11 is 12.0. The largest absolute Gasteiger partial charge is 0.485 e. The Hall–Kier alpha value is -0.970. The average Bonchev–Trinajstić information content (AvgIpc) is 2.36. The highest BCUT2D eigenvalue weighted by molar-refractivity contribution is 6.35. The maximum atomic E-state index is 11.6. The lowest BCUT2D eigenvalue weighted by Crippen LogP contribution is -2.41. The van der Waals surface area contributed by atoms with Gasteiger partial charge >= 0.3 is 5.97 Å². The van der Waals surface area contributed by atoms with Gasteiger partial charge in [-0.05, 0) is 38.0 Å². The molecule has 0 amide bonds. The fourth-order valence-corrected chi connectivity index (χ4v) is 2.30. The van der Waals surface area contributed by atoms with Crippen molar-refractivity contribution in [3.63, 3.8) is 0 Å². The number of benzene rings is 1. The Balaban J connectivity index is 2.84. The smallest absolute Gasteiger partial charge is 0.323 e. The van der Waals surface area contributed by atoms with Crippen LogP contribution >= 0.6 is 23.2 Å². The van der Waals surface area contributed by atoms with Crippen LogP contribution in [0.25, 0.3) is 0 Å². The van der Waals surface area contributed by atoms with Crippen LogP contribution in [0.3, 0.4) is 0 Å². The summed E-state index contributed by atoms with van der Waals surface area (Å²) in [7, 11) is 0. The molecule has 1 aromatic carbocycles. The van der Waals surface area contributed by atoms with Gasteiger partial charge in [0.2, 0.25) is 0 Å². The van der Waals surface area contributed by atoms with E-state index in [0.717, 1.165) is 0 Å². The molecule has 1 aromatic rings. The van der Waals surface area contributed by atoms with Crippen molar-refractivity contribution in [2.75, 3.05) is 0 Å². The highest BCUT2D eigenvalue weighted by Gasteiger charge is 2.27. The number of nitrogens with two attached hydrogens (primary N) is 1. The SMILES string of the molecule is CC(C)[C@@H](Oc1ccc(Cl)cc1Cl)[C@H](C)OC(=O)[C@H](C)N. The van der Waals surface area contributed by atoms with E-state index < -0.39 is 18.1 Å². The molecule has 2 N–H and O–H groups in total. The van der Waals surface area contributed by atoms with Crippen LogP contribution in [0.2, 0.25) is 10.0 Å². The molecule has 6 heteroatoms. The molecule has 0 radical (unpaired) electrons. The average molecular weight is 334 g/mol. The lowest BCUT2D eigenvalue weighted by atomic mass is 10.0. The standard InChI is InChI=1S/C15H21Cl2NO3/c1-8(2)14(10(4)20-15(19)9(3)18)21-13-6-5-11(16)7-12(13)17/h5-10,14H,18H2,1-4H3/t9-,10-,14+/m0/s1. The van der Waals surface area contributed by atoms with Gasteiger partial charge in [-0.15, -0.1) is 0 Å². The molecule has 21 heavy (non-hydrogen) atoms. The van der Waals surface area contributed by atoms with Gasteiger partial charge in [0, 0.05) is 5.02 Å². The number of ether oxygens (including phenoxy) is 2.